The normalized spacial score (nSPS) is 15.5. The quantitative estimate of drug-likeness (QED) is 0.878. The number of benzene rings is 1. The molecule has 0 bridgehead atoms. The Hall–Kier alpha value is -2.30. The van der Waals surface area contributed by atoms with E-state index < -0.39 is 0 Å². The molecule has 1 saturated heterocycles. The largest absolute Gasteiger partial charge is 0.371 e. The van der Waals surface area contributed by atoms with Crippen molar-refractivity contribution in [3.8, 4) is 0 Å². The first-order valence-electron chi connectivity index (χ1n) is 9.60. The van der Waals surface area contributed by atoms with Gasteiger partial charge in [-0.1, -0.05) is 38.1 Å². The van der Waals surface area contributed by atoms with Crippen LogP contribution in [0.25, 0.3) is 0 Å². The number of piperidine rings is 1. The Bertz CT molecular complexity index is 758. The molecule has 26 heavy (non-hydrogen) atoms. The molecule has 140 valence electrons. The number of carbonyl (C=O) groups excluding carboxylic acids is 1. The Labute approximate surface area is 155 Å². The molecule has 1 N–H and O–H groups in total. The summed E-state index contributed by atoms with van der Waals surface area (Å²) in [7, 11) is 0. The lowest BCUT2D eigenvalue weighted by Crippen LogP contribution is -2.45. The van der Waals surface area contributed by atoms with E-state index in [2.05, 4.69) is 46.6 Å². The first kappa shape index (κ1) is 18.5. The second-order valence-corrected chi connectivity index (χ2v) is 7.42. The van der Waals surface area contributed by atoms with E-state index in [0.717, 1.165) is 32.4 Å². The highest BCUT2D eigenvalue weighted by Gasteiger charge is 2.26. The van der Waals surface area contributed by atoms with Gasteiger partial charge in [0.15, 0.2) is 5.76 Å². The summed E-state index contributed by atoms with van der Waals surface area (Å²) in [5.41, 5.74) is 3.92. The predicted molar refractivity (Wildman–Crippen MR) is 104 cm³/mol. The number of amides is 1. The first-order chi connectivity index (χ1) is 12.5. The van der Waals surface area contributed by atoms with Crippen LogP contribution in [0.5, 0.6) is 0 Å². The Morgan fingerprint density at radius 3 is 2.73 bits per heavy atom. The van der Waals surface area contributed by atoms with Gasteiger partial charge in [0.05, 0.1) is 5.69 Å². The monoisotopic (exact) mass is 355 g/mol. The summed E-state index contributed by atoms with van der Waals surface area (Å²) in [4.78, 5) is 15.1. The lowest BCUT2D eigenvalue weighted by molar-refractivity contribution is 0.0928. The molecule has 0 unspecified atom stereocenters. The number of anilines is 1. The van der Waals surface area contributed by atoms with E-state index >= 15 is 0 Å². The molecule has 0 saturated carbocycles. The number of carbonyl (C=O) groups is 1. The number of hydrogen-bond donors (Lipinski definition) is 1. The van der Waals surface area contributed by atoms with Gasteiger partial charge in [-0.25, -0.2) is 0 Å². The van der Waals surface area contributed by atoms with Crippen LogP contribution < -0.4 is 10.2 Å². The summed E-state index contributed by atoms with van der Waals surface area (Å²) >= 11 is 0. The van der Waals surface area contributed by atoms with E-state index in [1.165, 1.54) is 11.3 Å². The third kappa shape index (κ3) is 3.92. The standard InChI is InChI=1S/C21H29N3O2/c1-5-16-7-6-8-18(13-16)24-11-9-17(10-12-24)22-21(25)19-15(4)23-26-20(19)14(2)3/h6-8,13-14,17H,5,9-12H2,1-4H3,(H,22,25). The van der Waals surface area contributed by atoms with Gasteiger partial charge in [0, 0.05) is 30.7 Å². The Balaban J connectivity index is 1.60. The van der Waals surface area contributed by atoms with Crippen LogP contribution in [0, 0.1) is 6.92 Å². The number of hydrogen-bond acceptors (Lipinski definition) is 4. The third-order valence-electron chi connectivity index (χ3n) is 5.15. The van der Waals surface area contributed by atoms with Gasteiger partial charge in [-0.05, 0) is 43.9 Å². The molecule has 1 fully saturated rings. The fraction of sp³-hybridized carbons (Fsp3) is 0.524. The number of rotatable bonds is 5. The summed E-state index contributed by atoms with van der Waals surface area (Å²) in [6, 6.07) is 8.94. The van der Waals surface area contributed by atoms with Crippen molar-refractivity contribution in [1.29, 1.82) is 0 Å². The molecule has 0 radical (unpaired) electrons. The molecule has 2 heterocycles. The molecule has 1 amide bonds. The Kier molecular flexibility index (Phi) is 5.64. The van der Waals surface area contributed by atoms with E-state index in [9.17, 15) is 4.79 Å². The Morgan fingerprint density at radius 1 is 1.35 bits per heavy atom. The van der Waals surface area contributed by atoms with Crippen LogP contribution in [0.4, 0.5) is 5.69 Å². The Morgan fingerprint density at radius 2 is 2.08 bits per heavy atom. The van der Waals surface area contributed by atoms with Crippen molar-refractivity contribution in [2.45, 2.75) is 58.9 Å². The van der Waals surface area contributed by atoms with Crippen LogP contribution in [0.2, 0.25) is 0 Å². The molecule has 1 aromatic carbocycles. The topological polar surface area (TPSA) is 58.4 Å². The van der Waals surface area contributed by atoms with Crippen molar-refractivity contribution in [3.05, 3.63) is 46.8 Å². The van der Waals surface area contributed by atoms with Gasteiger partial charge in [0.25, 0.3) is 5.91 Å². The molecule has 2 aromatic rings. The molecule has 0 spiro atoms. The molecule has 5 nitrogen and oxygen atoms in total. The molecular formula is C21H29N3O2. The number of nitrogens with zero attached hydrogens (tertiary/aromatic N) is 2. The minimum absolute atomic E-state index is 0.0566. The summed E-state index contributed by atoms with van der Waals surface area (Å²) in [5.74, 6) is 0.761. The van der Waals surface area contributed by atoms with E-state index in [0.29, 0.717) is 17.0 Å². The van der Waals surface area contributed by atoms with Crippen LogP contribution in [0.15, 0.2) is 28.8 Å². The maximum absolute atomic E-state index is 12.7. The van der Waals surface area contributed by atoms with Gasteiger partial charge in [-0.15, -0.1) is 0 Å². The highest BCUT2D eigenvalue weighted by molar-refractivity contribution is 5.96. The van der Waals surface area contributed by atoms with E-state index in [-0.39, 0.29) is 17.9 Å². The van der Waals surface area contributed by atoms with E-state index in [1.807, 2.05) is 20.8 Å². The molecule has 1 aliphatic heterocycles. The van der Waals surface area contributed by atoms with Gasteiger partial charge in [-0.2, -0.15) is 0 Å². The smallest absolute Gasteiger partial charge is 0.257 e. The number of aryl methyl sites for hydroxylation is 2. The second-order valence-electron chi connectivity index (χ2n) is 7.42. The molecule has 3 rings (SSSR count). The average Bonchev–Trinajstić information content (AvgIpc) is 3.04. The second kappa shape index (κ2) is 7.94. The summed E-state index contributed by atoms with van der Waals surface area (Å²) in [6.45, 7) is 9.95. The van der Waals surface area contributed by atoms with Crippen molar-refractivity contribution < 1.29 is 9.32 Å². The van der Waals surface area contributed by atoms with Crippen molar-refractivity contribution in [1.82, 2.24) is 10.5 Å². The fourth-order valence-electron chi connectivity index (χ4n) is 3.57. The minimum atomic E-state index is -0.0566. The fourth-order valence-corrected chi connectivity index (χ4v) is 3.57. The van der Waals surface area contributed by atoms with E-state index in [4.69, 9.17) is 4.52 Å². The van der Waals surface area contributed by atoms with Crippen molar-refractivity contribution >= 4 is 11.6 Å². The lowest BCUT2D eigenvalue weighted by Gasteiger charge is -2.34. The van der Waals surface area contributed by atoms with Crippen LogP contribution in [-0.2, 0) is 6.42 Å². The summed E-state index contributed by atoms with van der Waals surface area (Å²) in [5, 5.41) is 7.16. The van der Waals surface area contributed by atoms with Crippen LogP contribution >= 0.6 is 0 Å². The maximum Gasteiger partial charge on any atom is 0.257 e. The highest BCUT2D eigenvalue weighted by atomic mass is 16.5. The van der Waals surface area contributed by atoms with Gasteiger partial charge < -0.3 is 14.7 Å². The van der Waals surface area contributed by atoms with E-state index in [1.54, 1.807) is 0 Å². The zero-order valence-corrected chi connectivity index (χ0v) is 16.2. The highest BCUT2D eigenvalue weighted by Crippen LogP contribution is 2.24. The molecule has 1 aromatic heterocycles. The van der Waals surface area contributed by atoms with Crippen LogP contribution in [0.3, 0.4) is 0 Å². The number of nitrogens with one attached hydrogen (secondary N) is 1. The third-order valence-corrected chi connectivity index (χ3v) is 5.15. The SMILES string of the molecule is CCc1cccc(N2CCC(NC(=O)c3c(C)noc3C(C)C)CC2)c1. The van der Waals surface area contributed by atoms with Crippen LogP contribution in [-0.4, -0.2) is 30.2 Å². The van der Waals surface area contributed by atoms with Crippen LogP contribution in [0.1, 0.15) is 66.9 Å². The molecule has 0 aliphatic carbocycles. The van der Waals surface area contributed by atoms with Crippen molar-refractivity contribution in [2.24, 2.45) is 0 Å². The van der Waals surface area contributed by atoms with Gasteiger partial charge in [0.2, 0.25) is 0 Å². The van der Waals surface area contributed by atoms with Crippen molar-refractivity contribution in [2.75, 3.05) is 18.0 Å². The lowest BCUT2D eigenvalue weighted by atomic mass is 10.0. The zero-order chi connectivity index (χ0) is 18.7. The molecule has 5 heteroatoms. The van der Waals surface area contributed by atoms with Gasteiger partial charge in [0.1, 0.15) is 5.56 Å². The minimum Gasteiger partial charge on any atom is -0.371 e. The summed E-state index contributed by atoms with van der Waals surface area (Å²) in [6.07, 6.45) is 2.95. The van der Waals surface area contributed by atoms with Crippen molar-refractivity contribution in [3.63, 3.8) is 0 Å². The molecule has 0 atom stereocenters. The maximum atomic E-state index is 12.7. The number of aromatic nitrogens is 1. The van der Waals surface area contributed by atoms with Gasteiger partial charge in [-0.3, -0.25) is 4.79 Å². The zero-order valence-electron chi connectivity index (χ0n) is 16.2. The summed E-state index contributed by atoms with van der Waals surface area (Å²) < 4.78 is 5.34. The molecular weight excluding hydrogens is 326 g/mol. The predicted octanol–water partition coefficient (Wildman–Crippen LogP) is 4.07. The first-order valence-corrected chi connectivity index (χ1v) is 9.60. The molecule has 1 aliphatic rings. The average molecular weight is 355 g/mol. The van der Waals surface area contributed by atoms with Gasteiger partial charge >= 0.3 is 0 Å².